The number of thioether (sulfide) groups is 1. The van der Waals surface area contributed by atoms with Crippen LogP contribution in [0, 0.1) is 0 Å². The SMILES string of the molecule is O=C(Nc1ccc(S(=O)(=O)Nc2ccc(Br)cc2)cc1)c1ccc([C@H]2SCC(=O)N2CCc2ccccc2)cc1. The first kappa shape index (κ1) is 27.9. The van der Waals surface area contributed by atoms with Gasteiger partial charge < -0.3 is 10.2 Å². The van der Waals surface area contributed by atoms with Gasteiger partial charge in [0.1, 0.15) is 5.37 Å². The molecule has 2 amide bonds. The molecule has 1 atom stereocenters. The van der Waals surface area contributed by atoms with E-state index in [9.17, 15) is 18.0 Å². The first-order valence-corrected chi connectivity index (χ1v) is 15.9. The van der Waals surface area contributed by atoms with E-state index in [1.807, 2.05) is 35.2 Å². The van der Waals surface area contributed by atoms with Crippen molar-refractivity contribution in [2.24, 2.45) is 0 Å². The Morgan fingerprint density at radius 3 is 2.20 bits per heavy atom. The number of amides is 2. The lowest BCUT2D eigenvalue weighted by molar-refractivity contribution is -0.128. The minimum Gasteiger partial charge on any atom is -0.326 e. The van der Waals surface area contributed by atoms with Gasteiger partial charge in [-0.3, -0.25) is 14.3 Å². The van der Waals surface area contributed by atoms with Gasteiger partial charge in [-0.25, -0.2) is 8.42 Å². The van der Waals surface area contributed by atoms with E-state index in [-0.39, 0.29) is 22.1 Å². The quantitative estimate of drug-likeness (QED) is 0.224. The minimum atomic E-state index is -3.77. The molecule has 2 N–H and O–H groups in total. The van der Waals surface area contributed by atoms with Crippen molar-refractivity contribution in [3.63, 3.8) is 0 Å². The van der Waals surface area contributed by atoms with E-state index in [1.54, 1.807) is 60.3 Å². The summed E-state index contributed by atoms with van der Waals surface area (Å²) in [4.78, 5) is 27.4. The smallest absolute Gasteiger partial charge is 0.261 e. The van der Waals surface area contributed by atoms with Crippen molar-refractivity contribution in [2.45, 2.75) is 16.7 Å². The lowest BCUT2D eigenvalue weighted by atomic mass is 10.1. The maximum Gasteiger partial charge on any atom is 0.261 e. The van der Waals surface area contributed by atoms with Gasteiger partial charge in [0, 0.05) is 28.0 Å². The Hall–Kier alpha value is -3.60. The summed E-state index contributed by atoms with van der Waals surface area (Å²) in [6.07, 6.45) is 0.782. The monoisotopic (exact) mass is 635 g/mol. The number of halogens is 1. The zero-order chi connectivity index (χ0) is 28.1. The Labute approximate surface area is 246 Å². The van der Waals surface area contributed by atoms with Gasteiger partial charge in [0.25, 0.3) is 15.9 Å². The van der Waals surface area contributed by atoms with Crippen molar-refractivity contribution >= 4 is 60.9 Å². The number of carbonyl (C=O) groups is 2. The average molecular weight is 637 g/mol. The molecule has 4 aromatic rings. The van der Waals surface area contributed by atoms with Crippen LogP contribution in [0.2, 0.25) is 0 Å². The van der Waals surface area contributed by atoms with Crippen LogP contribution in [-0.4, -0.2) is 37.4 Å². The number of rotatable bonds is 9. The van der Waals surface area contributed by atoms with Gasteiger partial charge in [-0.05, 0) is 78.2 Å². The fourth-order valence-corrected chi connectivity index (χ4v) is 6.86. The van der Waals surface area contributed by atoms with Crippen LogP contribution in [0.15, 0.2) is 112 Å². The molecular weight excluding hydrogens is 610 g/mol. The van der Waals surface area contributed by atoms with Crippen LogP contribution in [0.25, 0.3) is 0 Å². The van der Waals surface area contributed by atoms with Gasteiger partial charge in [-0.1, -0.05) is 58.4 Å². The number of nitrogens with zero attached hydrogens (tertiary/aromatic N) is 1. The van der Waals surface area contributed by atoms with E-state index in [4.69, 9.17) is 0 Å². The van der Waals surface area contributed by atoms with E-state index in [2.05, 4.69) is 38.1 Å². The summed E-state index contributed by atoms with van der Waals surface area (Å²) < 4.78 is 28.8. The predicted octanol–water partition coefficient (Wildman–Crippen LogP) is 6.32. The zero-order valence-electron chi connectivity index (χ0n) is 21.3. The van der Waals surface area contributed by atoms with Crippen LogP contribution in [0.5, 0.6) is 0 Å². The normalized spacial score (nSPS) is 15.2. The van der Waals surface area contributed by atoms with Crippen LogP contribution >= 0.6 is 27.7 Å². The molecule has 1 fully saturated rings. The molecular formula is C30H26BrN3O4S2. The summed E-state index contributed by atoms with van der Waals surface area (Å²) in [6, 6.07) is 30.1. The van der Waals surface area contributed by atoms with Crippen molar-refractivity contribution in [2.75, 3.05) is 22.3 Å². The van der Waals surface area contributed by atoms with Crippen molar-refractivity contribution in [1.82, 2.24) is 4.90 Å². The molecule has 0 saturated carbocycles. The van der Waals surface area contributed by atoms with E-state index < -0.39 is 10.0 Å². The fourth-order valence-electron chi connectivity index (χ4n) is 4.32. The van der Waals surface area contributed by atoms with Gasteiger partial charge >= 0.3 is 0 Å². The van der Waals surface area contributed by atoms with E-state index >= 15 is 0 Å². The number of hydrogen-bond donors (Lipinski definition) is 2. The van der Waals surface area contributed by atoms with Gasteiger partial charge in [0.05, 0.1) is 10.6 Å². The molecule has 10 heteroatoms. The van der Waals surface area contributed by atoms with Crippen LogP contribution < -0.4 is 10.0 Å². The summed E-state index contributed by atoms with van der Waals surface area (Å²) >= 11 is 4.91. The van der Waals surface area contributed by atoms with Crippen molar-refractivity contribution in [3.8, 4) is 0 Å². The lowest BCUT2D eigenvalue weighted by Crippen LogP contribution is -2.30. The molecule has 1 aliphatic heterocycles. The summed E-state index contributed by atoms with van der Waals surface area (Å²) in [6.45, 7) is 0.632. The van der Waals surface area contributed by atoms with Crippen LogP contribution in [0.3, 0.4) is 0 Å². The van der Waals surface area contributed by atoms with Crippen LogP contribution in [0.1, 0.15) is 26.9 Å². The second-order valence-corrected chi connectivity index (χ2v) is 12.9. The van der Waals surface area contributed by atoms with E-state index in [0.29, 0.717) is 29.2 Å². The van der Waals surface area contributed by atoms with Crippen LogP contribution in [0.4, 0.5) is 11.4 Å². The predicted molar refractivity (Wildman–Crippen MR) is 163 cm³/mol. The molecule has 7 nitrogen and oxygen atoms in total. The highest BCUT2D eigenvalue weighted by molar-refractivity contribution is 9.10. The Kier molecular flexibility index (Phi) is 8.58. The first-order valence-electron chi connectivity index (χ1n) is 12.5. The Morgan fingerprint density at radius 1 is 0.875 bits per heavy atom. The molecule has 204 valence electrons. The number of hydrogen-bond acceptors (Lipinski definition) is 5. The second kappa shape index (κ2) is 12.3. The number of carbonyl (C=O) groups excluding carboxylic acids is 2. The molecule has 0 aromatic heterocycles. The molecule has 1 heterocycles. The average Bonchev–Trinajstić information content (AvgIpc) is 3.34. The molecule has 1 aliphatic rings. The second-order valence-electron chi connectivity index (χ2n) is 9.20. The molecule has 0 spiro atoms. The van der Waals surface area contributed by atoms with Crippen molar-refractivity contribution in [3.05, 3.63) is 124 Å². The molecule has 0 bridgehead atoms. The van der Waals surface area contributed by atoms with Gasteiger partial charge in [0.15, 0.2) is 0 Å². The van der Waals surface area contributed by atoms with Gasteiger partial charge in [0.2, 0.25) is 5.91 Å². The van der Waals surface area contributed by atoms with Crippen LogP contribution in [-0.2, 0) is 21.2 Å². The Balaban J connectivity index is 1.20. The summed E-state index contributed by atoms with van der Waals surface area (Å²) in [5.41, 5.74) is 3.53. The largest absolute Gasteiger partial charge is 0.326 e. The third-order valence-corrected chi connectivity index (χ3v) is 9.61. The zero-order valence-corrected chi connectivity index (χ0v) is 24.5. The molecule has 0 unspecified atom stereocenters. The molecule has 0 radical (unpaired) electrons. The summed E-state index contributed by atoms with van der Waals surface area (Å²) in [5, 5.41) is 2.72. The third-order valence-electron chi connectivity index (χ3n) is 6.43. The topological polar surface area (TPSA) is 95.6 Å². The maximum absolute atomic E-state index is 12.9. The van der Waals surface area contributed by atoms with Gasteiger partial charge in [-0.2, -0.15) is 0 Å². The molecule has 5 rings (SSSR count). The number of nitrogens with one attached hydrogen (secondary N) is 2. The van der Waals surface area contributed by atoms with Gasteiger partial charge in [-0.15, -0.1) is 11.8 Å². The first-order chi connectivity index (χ1) is 19.3. The highest BCUT2D eigenvalue weighted by Crippen LogP contribution is 2.38. The Morgan fingerprint density at radius 2 is 1.52 bits per heavy atom. The van der Waals surface area contributed by atoms with E-state index in [1.165, 1.54) is 17.7 Å². The Bertz CT molecular complexity index is 1600. The highest BCUT2D eigenvalue weighted by Gasteiger charge is 2.32. The molecule has 0 aliphatic carbocycles. The molecule has 1 saturated heterocycles. The third kappa shape index (κ3) is 6.75. The van der Waals surface area contributed by atoms with Crippen molar-refractivity contribution in [1.29, 1.82) is 0 Å². The number of sulfonamides is 1. The lowest BCUT2D eigenvalue weighted by Gasteiger charge is -2.24. The maximum atomic E-state index is 12.9. The fraction of sp³-hybridized carbons (Fsp3) is 0.133. The standard InChI is InChI=1S/C30H26BrN3O4S2/c31-24-10-12-26(13-11-24)33-40(37,38)27-16-14-25(15-17-27)32-29(36)22-6-8-23(9-7-22)30-34(28(35)20-39-30)19-18-21-4-2-1-3-5-21/h1-17,30,33H,18-20H2,(H,32,36)/t30-/m1/s1. The molecule has 40 heavy (non-hydrogen) atoms. The minimum absolute atomic E-state index is 0.0817. The summed E-state index contributed by atoms with van der Waals surface area (Å²) in [5.74, 6) is 0.239. The summed E-state index contributed by atoms with van der Waals surface area (Å²) in [7, 11) is -3.77. The van der Waals surface area contributed by atoms with E-state index in [0.717, 1.165) is 16.5 Å². The number of anilines is 2. The molecule has 4 aromatic carbocycles. The number of benzene rings is 4. The highest BCUT2D eigenvalue weighted by atomic mass is 79.9. The van der Waals surface area contributed by atoms with Crippen molar-refractivity contribution < 1.29 is 18.0 Å².